The zero-order chi connectivity index (χ0) is 17.1. The first-order valence-corrected chi connectivity index (χ1v) is 9.72. The number of pyridine rings is 1. The Hall–Kier alpha value is -1.62. The van der Waals surface area contributed by atoms with Gasteiger partial charge in [0.2, 0.25) is 11.8 Å². The Bertz CT molecular complexity index is 578. The number of rotatable bonds is 4. The molecule has 0 aromatic carbocycles. The summed E-state index contributed by atoms with van der Waals surface area (Å²) in [6, 6.07) is 5.70. The Morgan fingerprint density at radius 3 is 2.80 bits per heavy atom. The van der Waals surface area contributed by atoms with Crippen molar-refractivity contribution in [2.45, 2.75) is 63.1 Å². The number of amides is 1. The van der Waals surface area contributed by atoms with E-state index in [2.05, 4.69) is 9.88 Å². The number of carbonyl (C=O) groups excluding carboxylic acids is 1. The molecule has 3 fully saturated rings. The molecule has 3 aliphatic rings. The summed E-state index contributed by atoms with van der Waals surface area (Å²) in [5.74, 6) is 1.64. The predicted molar refractivity (Wildman–Crippen MR) is 94.3 cm³/mol. The van der Waals surface area contributed by atoms with Gasteiger partial charge in [-0.25, -0.2) is 4.98 Å². The van der Waals surface area contributed by atoms with Gasteiger partial charge in [0.1, 0.15) is 6.10 Å². The van der Waals surface area contributed by atoms with Gasteiger partial charge < -0.3 is 14.4 Å². The molecule has 0 bridgehead atoms. The summed E-state index contributed by atoms with van der Waals surface area (Å²) >= 11 is 0. The third kappa shape index (κ3) is 3.97. The van der Waals surface area contributed by atoms with Gasteiger partial charge >= 0.3 is 0 Å². The van der Waals surface area contributed by atoms with Gasteiger partial charge in [-0.2, -0.15) is 0 Å². The molecule has 1 aliphatic carbocycles. The van der Waals surface area contributed by atoms with E-state index in [9.17, 15) is 4.79 Å². The zero-order valence-electron chi connectivity index (χ0n) is 14.9. The fourth-order valence-electron chi connectivity index (χ4n) is 4.57. The Kier molecular flexibility index (Phi) is 4.93. The minimum atomic E-state index is -0.108. The fraction of sp³-hybridized carbons (Fsp3) is 0.700. The van der Waals surface area contributed by atoms with Crippen LogP contribution < -0.4 is 4.74 Å². The largest absolute Gasteiger partial charge is 0.472 e. The van der Waals surface area contributed by atoms with Crippen molar-refractivity contribution in [2.75, 3.05) is 19.7 Å². The Morgan fingerprint density at radius 1 is 1.28 bits per heavy atom. The normalized spacial score (nSPS) is 26.2. The maximum absolute atomic E-state index is 12.5. The van der Waals surface area contributed by atoms with Crippen LogP contribution in [0.25, 0.3) is 0 Å². The van der Waals surface area contributed by atoms with Gasteiger partial charge in [0.05, 0.1) is 12.2 Å². The van der Waals surface area contributed by atoms with Gasteiger partial charge in [-0.1, -0.05) is 18.9 Å². The molecule has 1 aromatic rings. The van der Waals surface area contributed by atoms with Crippen molar-refractivity contribution in [1.82, 2.24) is 9.88 Å². The quantitative estimate of drug-likeness (QED) is 0.842. The second-order valence-corrected chi connectivity index (χ2v) is 7.84. The highest BCUT2D eigenvalue weighted by Crippen LogP contribution is 2.37. The first-order valence-electron chi connectivity index (χ1n) is 9.72. The van der Waals surface area contributed by atoms with Crippen LogP contribution in [0.3, 0.4) is 0 Å². The molecule has 25 heavy (non-hydrogen) atoms. The molecule has 2 aliphatic heterocycles. The maximum Gasteiger partial charge on any atom is 0.222 e. The summed E-state index contributed by atoms with van der Waals surface area (Å²) in [6.45, 7) is 2.26. The van der Waals surface area contributed by atoms with E-state index in [1.165, 1.54) is 25.7 Å². The number of hydrogen-bond donors (Lipinski definition) is 0. The predicted octanol–water partition coefficient (Wildman–Crippen LogP) is 3.19. The van der Waals surface area contributed by atoms with E-state index in [0.717, 1.165) is 38.8 Å². The third-order valence-electron chi connectivity index (χ3n) is 6.07. The molecule has 0 unspecified atom stereocenters. The van der Waals surface area contributed by atoms with E-state index >= 15 is 0 Å². The molecule has 5 heteroatoms. The van der Waals surface area contributed by atoms with Crippen LogP contribution >= 0.6 is 0 Å². The van der Waals surface area contributed by atoms with Crippen LogP contribution in [-0.4, -0.2) is 47.2 Å². The number of likely N-dealkylation sites (tertiary alicyclic amines) is 1. The lowest BCUT2D eigenvalue weighted by Crippen LogP contribution is -2.47. The summed E-state index contributed by atoms with van der Waals surface area (Å²) in [7, 11) is 0. The Morgan fingerprint density at radius 2 is 2.08 bits per heavy atom. The molecule has 4 rings (SSSR count). The van der Waals surface area contributed by atoms with Crippen molar-refractivity contribution in [2.24, 2.45) is 5.92 Å². The molecule has 1 saturated carbocycles. The molecule has 1 amide bonds. The molecule has 0 radical (unpaired) electrons. The second-order valence-electron chi connectivity index (χ2n) is 7.84. The number of piperidine rings is 1. The molecule has 3 heterocycles. The summed E-state index contributed by atoms with van der Waals surface area (Å²) in [4.78, 5) is 18.8. The number of nitrogens with zero attached hydrogens (tertiary/aromatic N) is 2. The van der Waals surface area contributed by atoms with Gasteiger partial charge in [-0.3, -0.25) is 4.79 Å². The van der Waals surface area contributed by atoms with E-state index in [-0.39, 0.29) is 11.7 Å². The van der Waals surface area contributed by atoms with Crippen molar-refractivity contribution in [3.63, 3.8) is 0 Å². The number of carbonyl (C=O) groups is 1. The van der Waals surface area contributed by atoms with Crippen LogP contribution in [0.5, 0.6) is 5.88 Å². The summed E-state index contributed by atoms with van der Waals surface area (Å²) < 4.78 is 12.1. The first kappa shape index (κ1) is 16.8. The van der Waals surface area contributed by atoms with E-state index in [0.29, 0.717) is 24.3 Å². The van der Waals surface area contributed by atoms with Gasteiger partial charge in [0, 0.05) is 38.2 Å². The van der Waals surface area contributed by atoms with Crippen LogP contribution in [-0.2, 0) is 9.53 Å². The van der Waals surface area contributed by atoms with Crippen LogP contribution in [0.15, 0.2) is 24.4 Å². The van der Waals surface area contributed by atoms with Gasteiger partial charge in [-0.15, -0.1) is 0 Å². The Balaban J connectivity index is 1.26. The smallest absolute Gasteiger partial charge is 0.222 e. The minimum absolute atomic E-state index is 0.0654. The van der Waals surface area contributed by atoms with E-state index in [1.54, 1.807) is 6.20 Å². The monoisotopic (exact) mass is 344 g/mol. The number of hydrogen-bond acceptors (Lipinski definition) is 4. The molecule has 1 aromatic heterocycles. The highest BCUT2D eigenvalue weighted by molar-refractivity contribution is 5.76. The molecular weight excluding hydrogens is 316 g/mol. The Labute approximate surface area is 149 Å². The molecule has 2 saturated heterocycles. The van der Waals surface area contributed by atoms with E-state index in [4.69, 9.17) is 9.47 Å². The van der Waals surface area contributed by atoms with E-state index in [1.807, 2.05) is 18.2 Å². The van der Waals surface area contributed by atoms with Gasteiger partial charge in [0.15, 0.2) is 0 Å². The lowest BCUT2D eigenvalue weighted by Gasteiger charge is -2.38. The SMILES string of the molecule is O=C(CC1CCCC1)N1CCC2(CC1)C[C@@H](Oc1ccccn1)CO2. The van der Waals surface area contributed by atoms with Crippen molar-refractivity contribution in [3.05, 3.63) is 24.4 Å². The summed E-state index contributed by atoms with van der Waals surface area (Å²) in [5.41, 5.74) is -0.108. The molecule has 1 atom stereocenters. The lowest BCUT2D eigenvalue weighted by atomic mass is 9.87. The van der Waals surface area contributed by atoms with Crippen LogP contribution in [0.2, 0.25) is 0 Å². The standard InChI is InChI=1S/C20H28N2O3/c23-19(13-16-5-1-2-6-16)22-11-8-20(9-12-22)14-17(15-24-20)25-18-7-3-4-10-21-18/h3-4,7,10,16-17H,1-2,5-6,8-9,11-15H2/t17-/m1/s1. The zero-order valence-corrected chi connectivity index (χ0v) is 14.9. The highest BCUT2D eigenvalue weighted by Gasteiger charge is 2.44. The molecule has 136 valence electrons. The maximum atomic E-state index is 12.5. The highest BCUT2D eigenvalue weighted by atomic mass is 16.6. The van der Waals surface area contributed by atoms with Crippen molar-refractivity contribution < 1.29 is 14.3 Å². The molecule has 0 N–H and O–H groups in total. The number of ether oxygens (including phenoxy) is 2. The average Bonchev–Trinajstić information content (AvgIpc) is 3.27. The third-order valence-corrected chi connectivity index (χ3v) is 6.07. The minimum Gasteiger partial charge on any atom is -0.472 e. The first-order chi connectivity index (χ1) is 12.2. The summed E-state index contributed by atoms with van der Waals surface area (Å²) in [6.07, 6.45) is 10.4. The molecule has 5 nitrogen and oxygen atoms in total. The van der Waals surface area contributed by atoms with Gasteiger partial charge in [0.25, 0.3) is 0 Å². The summed E-state index contributed by atoms with van der Waals surface area (Å²) in [5, 5.41) is 0. The average molecular weight is 344 g/mol. The molecular formula is C20H28N2O3. The second kappa shape index (κ2) is 7.32. The lowest BCUT2D eigenvalue weighted by molar-refractivity contribution is -0.137. The van der Waals surface area contributed by atoms with Gasteiger partial charge in [-0.05, 0) is 37.7 Å². The number of aromatic nitrogens is 1. The van der Waals surface area contributed by atoms with Crippen molar-refractivity contribution in [3.8, 4) is 5.88 Å². The molecule has 1 spiro atoms. The van der Waals surface area contributed by atoms with E-state index < -0.39 is 0 Å². The van der Waals surface area contributed by atoms with Crippen molar-refractivity contribution in [1.29, 1.82) is 0 Å². The van der Waals surface area contributed by atoms with Crippen LogP contribution in [0.4, 0.5) is 0 Å². The van der Waals surface area contributed by atoms with Crippen LogP contribution in [0, 0.1) is 5.92 Å². The van der Waals surface area contributed by atoms with Crippen LogP contribution in [0.1, 0.15) is 51.4 Å². The fourth-order valence-corrected chi connectivity index (χ4v) is 4.57. The topological polar surface area (TPSA) is 51.7 Å². The van der Waals surface area contributed by atoms with Crippen molar-refractivity contribution >= 4 is 5.91 Å².